The van der Waals surface area contributed by atoms with Crippen LogP contribution < -0.4 is 10.5 Å². The van der Waals surface area contributed by atoms with Gasteiger partial charge in [-0.2, -0.15) is 0 Å². The summed E-state index contributed by atoms with van der Waals surface area (Å²) in [6.07, 6.45) is -0.358. The molecule has 23 heavy (non-hydrogen) atoms. The summed E-state index contributed by atoms with van der Waals surface area (Å²) in [5, 5.41) is 0. The Hall–Kier alpha value is -2.82. The van der Waals surface area contributed by atoms with Crippen LogP contribution in [0, 0.1) is 6.92 Å². The van der Waals surface area contributed by atoms with Gasteiger partial charge in [-0.3, -0.25) is 4.79 Å². The molecule has 5 nitrogen and oxygen atoms in total. The maximum atomic E-state index is 11.9. The molecular formula is C18H19NO4. The quantitative estimate of drug-likeness (QED) is 0.832. The van der Waals surface area contributed by atoms with Crippen molar-refractivity contribution in [2.75, 3.05) is 6.61 Å². The van der Waals surface area contributed by atoms with Gasteiger partial charge in [0, 0.05) is 5.56 Å². The minimum Gasteiger partial charge on any atom is -0.482 e. The molecule has 2 rings (SSSR count). The predicted molar refractivity (Wildman–Crippen MR) is 86.1 cm³/mol. The lowest BCUT2D eigenvalue weighted by molar-refractivity contribution is -0.151. The van der Waals surface area contributed by atoms with E-state index in [-0.39, 0.29) is 12.7 Å². The fraction of sp³-hybridized carbons (Fsp3) is 0.222. The molecule has 0 radical (unpaired) electrons. The van der Waals surface area contributed by atoms with E-state index in [0.29, 0.717) is 11.3 Å². The lowest BCUT2D eigenvalue weighted by Gasteiger charge is -2.14. The predicted octanol–water partition coefficient (Wildman–Crippen LogP) is 2.78. The summed E-state index contributed by atoms with van der Waals surface area (Å²) in [6.45, 7) is 3.55. The van der Waals surface area contributed by atoms with Gasteiger partial charge in [-0.05, 0) is 37.6 Å². The highest BCUT2D eigenvalue weighted by molar-refractivity contribution is 5.93. The number of primary amides is 1. The third kappa shape index (κ3) is 4.85. The fourth-order valence-electron chi connectivity index (χ4n) is 2.10. The molecular weight excluding hydrogens is 294 g/mol. The molecule has 0 spiro atoms. The van der Waals surface area contributed by atoms with Gasteiger partial charge in [-0.25, -0.2) is 4.79 Å². The molecule has 1 amide bonds. The first kappa shape index (κ1) is 16.5. The minimum absolute atomic E-state index is 0.238. The Kier molecular flexibility index (Phi) is 5.36. The number of hydrogen-bond donors (Lipinski definition) is 1. The molecule has 0 bridgehead atoms. The molecule has 2 aromatic rings. The Labute approximate surface area is 135 Å². The van der Waals surface area contributed by atoms with Crippen LogP contribution in [0.25, 0.3) is 0 Å². The molecule has 1 atom stereocenters. The Morgan fingerprint density at radius 1 is 1.13 bits per heavy atom. The maximum absolute atomic E-state index is 11.9. The first-order chi connectivity index (χ1) is 11.0. The summed E-state index contributed by atoms with van der Waals surface area (Å²) < 4.78 is 10.7. The number of benzene rings is 2. The van der Waals surface area contributed by atoms with Gasteiger partial charge in [0.25, 0.3) is 0 Å². The van der Waals surface area contributed by atoms with Crippen molar-refractivity contribution in [3.05, 3.63) is 65.2 Å². The van der Waals surface area contributed by atoms with E-state index in [4.69, 9.17) is 15.2 Å². The Bertz CT molecular complexity index is 712. The lowest BCUT2D eigenvalue weighted by atomic mass is 10.1. The number of amides is 1. The molecule has 0 aromatic heterocycles. The highest BCUT2D eigenvalue weighted by atomic mass is 16.6. The van der Waals surface area contributed by atoms with Crippen molar-refractivity contribution in [1.29, 1.82) is 0 Å². The van der Waals surface area contributed by atoms with Gasteiger partial charge in [-0.1, -0.05) is 35.9 Å². The molecule has 0 saturated carbocycles. The average molecular weight is 313 g/mol. The van der Waals surface area contributed by atoms with Crippen LogP contribution in [0.4, 0.5) is 0 Å². The SMILES string of the molecule is Cc1cccc(C(C)OC(=O)COc2cccc(C(N)=O)c2)c1. The molecule has 2 aromatic carbocycles. The third-order valence-electron chi connectivity index (χ3n) is 3.30. The van der Waals surface area contributed by atoms with Gasteiger partial charge >= 0.3 is 5.97 Å². The first-order valence-corrected chi connectivity index (χ1v) is 7.24. The topological polar surface area (TPSA) is 78.6 Å². The van der Waals surface area contributed by atoms with E-state index in [1.807, 2.05) is 31.2 Å². The van der Waals surface area contributed by atoms with Crippen molar-refractivity contribution in [2.24, 2.45) is 5.73 Å². The number of aryl methyl sites for hydroxylation is 1. The molecule has 0 fully saturated rings. The second-order valence-corrected chi connectivity index (χ2v) is 5.23. The van der Waals surface area contributed by atoms with E-state index in [0.717, 1.165) is 11.1 Å². The summed E-state index contributed by atoms with van der Waals surface area (Å²) >= 11 is 0. The number of rotatable bonds is 6. The van der Waals surface area contributed by atoms with Crippen molar-refractivity contribution in [2.45, 2.75) is 20.0 Å². The highest BCUT2D eigenvalue weighted by Crippen LogP contribution is 2.18. The van der Waals surface area contributed by atoms with Gasteiger partial charge in [0.1, 0.15) is 11.9 Å². The molecule has 0 aliphatic rings. The average Bonchev–Trinajstić information content (AvgIpc) is 2.53. The summed E-state index contributed by atoms with van der Waals surface area (Å²) in [7, 11) is 0. The molecule has 5 heteroatoms. The largest absolute Gasteiger partial charge is 0.482 e. The van der Waals surface area contributed by atoms with Crippen molar-refractivity contribution in [3.63, 3.8) is 0 Å². The standard InChI is InChI=1S/C18H19NO4/c1-12-5-3-6-14(9-12)13(2)23-17(20)11-22-16-8-4-7-15(10-16)18(19)21/h3-10,13H,11H2,1-2H3,(H2,19,21). The summed E-state index contributed by atoms with van der Waals surface area (Å²) in [6, 6.07) is 14.1. The smallest absolute Gasteiger partial charge is 0.344 e. The second-order valence-electron chi connectivity index (χ2n) is 5.23. The van der Waals surface area contributed by atoms with Crippen LogP contribution in [0.2, 0.25) is 0 Å². The van der Waals surface area contributed by atoms with Crippen molar-refractivity contribution in [3.8, 4) is 5.75 Å². The number of nitrogens with two attached hydrogens (primary N) is 1. The molecule has 2 N–H and O–H groups in total. The van der Waals surface area contributed by atoms with Gasteiger partial charge in [0.2, 0.25) is 5.91 Å². The first-order valence-electron chi connectivity index (χ1n) is 7.24. The van der Waals surface area contributed by atoms with E-state index in [1.54, 1.807) is 25.1 Å². The normalized spacial score (nSPS) is 11.6. The zero-order valence-corrected chi connectivity index (χ0v) is 13.1. The number of hydrogen-bond acceptors (Lipinski definition) is 4. The highest BCUT2D eigenvalue weighted by Gasteiger charge is 2.13. The van der Waals surface area contributed by atoms with E-state index in [9.17, 15) is 9.59 Å². The van der Waals surface area contributed by atoms with Crippen LogP contribution in [-0.2, 0) is 9.53 Å². The van der Waals surface area contributed by atoms with Gasteiger partial charge in [0.05, 0.1) is 0 Å². The lowest BCUT2D eigenvalue weighted by Crippen LogP contribution is -2.17. The molecule has 0 aliphatic carbocycles. The van der Waals surface area contributed by atoms with Gasteiger partial charge in [-0.15, -0.1) is 0 Å². The van der Waals surface area contributed by atoms with Crippen LogP contribution in [0.1, 0.15) is 34.5 Å². The fourth-order valence-corrected chi connectivity index (χ4v) is 2.10. The van der Waals surface area contributed by atoms with Crippen molar-refractivity contribution in [1.82, 2.24) is 0 Å². The van der Waals surface area contributed by atoms with Crippen LogP contribution in [0.5, 0.6) is 5.75 Å². The zero-order chi connectivity index (χ0) is 16.8. The Balaban J connectivity index is 1.90. The van der Waals surface area contributed by atoms with E-state index in [2.05, 4.69) is 0 Å². The summed E-state index contributed by atoms with van der Waals surface area (Å²) in [5.74, 6) is -0.643. The van der Waals surface area contributed by atoms with Crippen molar-refractivity contribution >= 4 is 11.9 Å². The van der Waals surface area contributed by atoms with Crippen LogP contribution in [-0.4, -0.2) is 18.5 Å². The van der Waals surface area contributed by atoms with E-state index >= 15 is 0 Å². The summed E-state index contributed by atoms with van der Waals surface area (Å²) in [4.78, 5) is 23.0. The minimum atomic E-state index is -0.550. The van der Waals surface area contributed by atoms with Crippen molar-refractivity contribution < 1.29 is 19.1 Å². The van der Waals surface area contributed by atoms with Crippen LogP contribution in [0.15, 0.2) is 48.5 Å². The van der Waals surface area contributed by atoms with E-state index < -0.39 is 11.9 Å². The monoisotopic (exact) mass is 313 g/mol. The Morgan fingerprint density at radius 2 is 1.87 bits per heavy atom. The number of ether oxygens (including phenoxy) is 2. The molecule has 1 unspecified atom stereocenters. The van der Waals surface area contributed by atoms with Crippen LogP contribution in [0.3, 0.4) is 0 Å². The second kappa shape index (κ2) is 7.45. The number of esters is 1. The zero-order valence-electron chi connectivity index (χ0n) is 13.1. The van der Waals surface area contributed by atoms with Crippen LogP contribution >= 0.6 is 0 Å². The third-order valence-corrected chi connectivity index (χ3v) is 3.30. The maximum Gasteiger partial charge on any atom is 0.344 e. The molecule has 120 valence electrons. The molecule has 0 heterocycles. The molecule has 0 saturated heterocycles. The molecule has 0 aliphatic heterocycles. The number of carbonyl (C=O) groups is 2. The van der Waals surface area contributed by atoms with Gasteiger partial charge in [0.15, 0.2) is 6.61 Å². The Morgan fingerprint density at radius 3 is 2.57 bits per heavy atom. The van der Waals surface area contributed by atoms with E-state index in [1.165, 1.54) is 6.07 Å². The number of carbonyl (C=O) groups excluding carboxylic acids is 2. The summed E-state index contributed by atoms with van der Waals surface area (Å²) in [5.41, 5.74) is 7.54. The van der Waals surface area contributed by atoms with Gasteiger partial charge < -0.3 is 15.2 Å².